The number of methoxy groups -OCH3 is 1. The Kier molecular flexibility index (Phi) is 3.53. The van der Waals surface area contributed by atoms with Gasteiger partial charge < -0.3 is 9.64 Å². The summed E-state index contributed by atoms with van der Waals surface area (Å²) in [5.41, 5.74) is 0. The third kappa shape index (κ3) is 2.24. The van der Waals surface area contributed by atoms with E-state index in [1.54, 1.807) is 7.11 Å². The van der Waals surface area contributed by atoms with Crippen molar-refractivity contribution >= 4 is 5.91 Å². The standard InChI is InChI=1S/C13H23NO2/c1-9(16-3)13(15)14(2)8-12-7-10-4-5-11(12)6-10/h9-12H,4-8H2,1-3H3. The van der Waals surface area contributed by atoms with Gasteiger partial charge in [0.05, 0.1) is 0 Å². The Morgan fingerprint density at radius 3 is 2.69 bits per heavy atom. The SMILES string of the molecule is COC(C)C(=O)N(C)CC1CC2CCC1C2. The van der Waals surface area contributed by atoms with E-state index in [1.165, 1.54) is 25.7 Å². The number of amides is 1. The Hall–Kier alpha value is -0.570. The van der Waals surface area contributed by atoms with Crippen LogP contribution in [0.1, 0.15) is 32.6 Å². The molecule has 1 amide bonds. The quantitative estimate of drug-likeness (QED) is 0.731. The van der Waals surface area contributed by atoms with Gasteiger partial charge in [0, 0.05) is 20.7 Å². The molecule has 0 aliphatic heterocycles. The molecule has 4 atom stereocenters. The lowest BCUT2D eigenvalue weighted by molar-refractivity contribution is -0.140. The van der Waals surface area contributed by atoms with Gasteiger partial charge in [0.2, 0.25) is 0 Å². The van der Waals surface area contributed by atoms with E-state index in [1.807, 2.05) is 18.9 Å². The number of nitrogens with zero attached hydrogens (tertiary/aromatic N) is 1. The van der Waals surface area contributed by atoms with Gasteiger partial charge in [-0.1, -0.05) is 6.42 Å². The average molecular weight is 225 g/mol. The van der Waals surface area contributed by atoms with Gasteiger partial charge in [0.15, 0.2) is 0 Å². The van der Waals surface area contributed by atoms with Crippen LogP contribution in [0.4, 0.5) is 0 Å². The van der Waals surface area contributed by atoms with Crippen molar-refractivity contribution in [2.24, 2.45) is 17.8 Å². The lowest BCUT2D eigenvalue weighted by Crippen LogP contribution is -2.39. The van der Waals surface area contributed by atoms with Gasteiger partial charge in [-0.3, -0.25) is 4.79 Å². The number of carbonyl (C=O) groups is 1. The van der Waals surface area contributed by atoms with Crippen LogP contribution in [0.2, 0.25) is 0 Å². The minimum Gasteiger partial charge on any atom is -0.372 e. The zero-order chi connectivity index (χ0) is 11.7. The fraction of sp³-hybridized carbons (Fsp3) is 0.923. The van der Waals surface area contributed by atoms with E-state index in [-0.39, 0.29) is 12.0 Å². The van der Waals surface area contributed by atoms with Crippen LogP contribution in [0.5, 0.6) is 0 Å². The summed E-state index contributed by atoms with van der Waals surface area (Å²) < 4.78 is 5.07. The normalized spacial score (nSPS) is 34.1. The first kappa shape index (κ1) is 11.9. The second kappa shape index (κ2) is 4.74. The molecule has 2 aliphatic carbocycles. The number of hydrogen-bond donors (Lipinski definition) is 0. The van der Waals surface area contributed by atoms with E-state index in [0.29, 0.717) is 0 Å². The fourth-order valence-electron chi connectivity index (χ4n) is 3.45. The second-order valence-corrected chi connectivity index (χ2v) is 5.53. The minimum atomic E-state index is -0.302. The molecular weight excluding hydrogens is 202 g/mol. The summed E-state index contributed by atoms with van der Waals surface area (Å²) in [6.45, 7) is 2.74. The second-order valence-electron chi connectivity index (χ2n) is 5.53. The Morgan fingerprint density at radius 1 is 1.44 bits per heavy atom. The number of ether oxygens (including phenoxy) is 1. The van der Waals surface area contributed by atoms with Crippen molar-refractivity contribution in [3.8, 4) is 0 Å². The number of rotatable bonds is 4. The molecule has 0 saturated heterocycles. The summed E-state index contributed by atoms with van der Waals surface area (Å²) in [7, 11) is 3.50. The van der Waals surface area contributed by atoms with Crippen molar-refractivity contribution in [2.45, 2.75) is 38.7 Å². The average Bonchev–Trinajstić information content (AvgIpc) is 2.88. The number of carbonyl (C=O) groups excluding carboxylic acids is 1. The number of likely N-dealkylation sites (N-methyl/N-ethyl adjacent to an activating group) is 1. The summed E-state index contributed by atoms with van der Waals surface area (Å²) >= 11 is 0. The van der Waals surface area contributed by atoms with Crippen molar-refractivity contribution < 1.29 is 9.53 Å². The van der Waals surface area contributed by atoms with E-state index in [2.05, 4.69) is 0 Å². The lowest BCUT2D eigenvalue weighted by atomic mass is 9.88. The fourth-order valence-corrected chi connectivity index (χ4v) is 3.45. The Labute approximate surface area is 98.1 Å². The van der Waals surface area contributed by atoms with E-state index in [0.717, 1.165) is 24.3 Å². The molecule has 0 radical (unpaired) electrons. The first-order valence-electron chi connectivity index (χ1n) is 6.39. The molecule has 3 nitrogen and oxygen atoms in total. The zero-order valence-corrected chi connectivity index (χ0v) is 10.6. The minimum absolute atomic E-state index is 0.116. The number of fused-ring (bicyclic) bond motifs is 2. The highest BCUT2D eigenvalue weighted by molar-refractivity contribution is 5.80. The highest BCUT2D eigenvalue weighted by atomic mass is 16.5. The van der Waals surface area contributed by atoms with Crippen LogP contribution in [-0.4, -0.2) is 37.6 Å². The Balaban J connectivity index is 1.83. The predicted molar refractivity (Wildman–Crippen MR) is 63.0 cm³/mol. The third-order valence-corrected chi connectivity index (χ3v) is 4.47. The van der Waals surface area contributed by atoms with Crippen LogP contribution in [0.25, 0.3) is 0 Å². The maximum absolute atomic E-state index is 11.9. The summed E-state index contributed by atoms with van der Waals surface area (Å²) in [4.78, 5) is 13.7. The maximum atomic E-state index is 11.9. The summed E-state index contributed by atoms with van der Waals surface area (Å²) in [5, 5.41) is 0. The predicted octanol–water partition coefficient (Wildman–Crippen LogP) is 1.92. The Morgan fingerprint density at radius 2 is 2.19 bits per heavy atom. The van der Waals surface area contributed by atoms with E-state index >= 15 is 0 Å². The Bertz CT molecular complexity index is 267. The summed E-state index contributed by atoms with van der Waals surface area (Å²) in [6, 6.07) is 0. The van der Waals surface area contributed by atoms with Gasteiger partial charge in [-0.25, -0.2) is 0 Å². The van der Waals surface area contributed by atoms with Crippen LogP contribution >= 0.6 is 0 Å². The van der Waals surface area contributed by atoms with E-state index in [4.69, 9.17) is 4.74 Å². The third-order valence-electron chi connectivity index (χ3n) is 4.47. The molecule has 0 aromatic rings. The number of hydrogen-bond acceptors (Lipinski definition) is 2. The molecule has 92 valence electrons. The van der Waals surface area contributed by atoms with E-state index in [9.17, 15) is 4.79 Å². The molecule has 2 saturated carbocycles. The maximum Gasteiger partial charge on any atom is 0.251 e. The largest absolute Gasteiger partial charge is 0.372 e. The van der Waals surface area contributed by atoms with Crippen LogP contribution in [-0.2, 0) is 9.53 Å². The van der Waals surface area contributed by atoms with Crippen molar-refractivity contribution in [3.63, 3.8) is 0 Å². The van der Waals surface area contributed by atoms with Gasteiger partial charge in [-0.05, 0) is 43.9 Å². The highest BCUT2D eigenvalue weighted by Gasteiger charge is 2.40. The lowest BCUT2D eigenvalue weighted by Gasteiger charge is -2.28. The van der Waals surface area contributed by atoms with Crippen LogP contribution in [0.15, 0.2) is 0 Å². The van der Waals surface area contributed by atoms with Crippen molar-refractivity contribution in [3.05, 3.63) is 0 Å². The first-order valence-corrected chi connectivity index (χ1v) is 6.39. The molecule has 0 aromatic heterocycles. The molecule has 2 rings (SSSR count). The molecule has 16 heavy (non-hydrogen) atoms. The van der Waals surface area contributed by atoms with Crippen molar-refractivity contribution in [1.82, 2.24) is 4.90 Å². The summed E-state index contributed by atoms with van der Waals surface area (Å²) in [6.07, 6.45) is 5.25. The van der Waals surface area contributed by atoms with Gasteiger partial charge in [-0.2, -0.15) is 0 Å². The summed E-state index contributed by atoms with van der Waals surface area (Å²) in [5.74, 6) is 2.71. The molecular formula is C13H23NO2. The van der Waals surface area contributed by atoms with Crippen LogP contribution in [0, 0.1) is 17.8 Å². The molecule has 2 aliphatic rings. The molecule has 4 unspecified atom stereocenters. The molecule has 2 bridgehead atoms. The van der Waals surface area contributed by atoms with Crippen LogP contribution < -0.4 is 0 Å². The van der Waals surface area contributed by atoms with Gasteiger partial charge in [0.25, 0.3) is 5.91 Å². The van der Waals surface area contributed by atoms with Gasteiger partial charge in [-0.15, -0.1) is 0 Å². The highest BCUT2D eigenvalue weighted by Crippen LogP contribution is 2.48. The molecule has 2 fully saturated rings. The zero-order valence-electron chi connectivity index (χ0n) is 10.6. The van der Waals surface area contributed by atoms with Gasteiger partial charge in [0.1, 0.15) is 6.10 Å². The molecule has 0 N–H and O–H groups in total. The van der Waals surface area contributed by atoms with Crippen molar-refractivity contribution in [2.75, 3.05) is 20.7 Å². The molecule has 0 spiro atoms. The smallest absolute Gasteiger partial charge is 0.251 e. The monoisotopic (exact) mass is 225 g/mol. The van der Waals surface area contributed by atoms with E-state index < -0.39 is 0 Å². The molecule has 3 heteroatoms. The topological polar surface area (TPSA) is 29.5 Å². The van der Waals surface area contributed by atoms with Crippen molar-refractivity contribution in [1.29, 1.82) is 0 Å². The van der Waals surface area contributed by atoms with Gasteiger partial charge >= 0.3 is 0 Å². The van der Waals surface area contributed by atoms with Crippen LogP contribution in [0.3, 0.4) is 0 Å². The molecule has 0 aromatic carbocycles. The first-order chi connectivity index (χ1) is 7.61. The molecule has 0 heterocycles.